The van der Waals surface area contributed by atoms with Crippen LogP contribution in [0, 0.1) is 6.92 Å². The zero-order valence-electron chi connectivity index (χ0n) is 19.1. The molecule has 0 fully saturated rings. The van der Waals surface area contributed by atoms with Crippen molar-refractivity contribution in [3.8, 4) is 28.3 Å². The monoisotopic (exact) mass is 451 g/mol. The van der Waals surface area contributed by atoms with Crippen molar-refractivity contribution in [2.45, 2.75) is 33.2 Å². The van der Waals surface area contributed by atoms with E-state index in [9.17, 15) is 4.79 Å². The summed E-state index contributed by atoms with van der Waals surface area (Å²) in [5, 5.41) is 14.1. The van der Waals surface area contributed by atoms with Crippen molar-refractivity contribution in [1.29, 1.82) is 0 Å². The van der Waals surface area contributed by atoms with Gasteiger partial charge in [-0.15, -0.1) is 10.2 Å². The summed E-state index contributed by atoms with van der Waals surface area (Å²) < 4.78 is 3.72. The lowest BCUT2D eigenvalue weighted by Crippen LogP contribution is -2.25. The standard InChI is InChI=1S/C26H25N7O/c1-3-7-24-18(2)33(22-8-5-4-6-9-22)26(34)32(24)17-19-10-12-20(13-11-19)21-14-15-27-23(16-21)25-28-30-31-29-25/h4-6,8-16H,3,7,17H2,1-2H3,(H,28,29,30,31). The number of para-hydroxylation sites is 1. The van der Waals surface area contributed by atoms with Crippen LogP contribution in [0.4, 0.5) is 0 Å². The van der Waals surface area contributed by atoms with Crippen LogP contribution in [-0.2, 0) is 13.0 Å². The Labute approximate surface area is 196 Å². The summed E-state index contributed by atoms with van der Waals surface area (Å²) in [6.45, 7) is 4.70. The third kappa shape index (κ3) is 4.05. The molecule has 0 aliphatic rings. The second-order valence-corrected chi connectivity index (χ2v) is 8.18. The molecule has 8 heteroatoms. The lowest BCUT2D eigenvalue weighted by molar-refractivity contribution is 0.691. The maximum absolute atomic E-state index is 13.4. The molecule has 0 unspecified atom stereocenters. The van der Waals surface area contributed by atoms with Crippen LogP contribution in [0.15, 0.2) is 77.7 Å². The third-order valence-electron chi connectivity index (χ3n) is 5.96. The fraction of sp³-hybridized carbons (Fsp3) is 0.192. The van der Waals surface area contributed by atoms with Gasteiger partial charge in [0.25, 0.3) is 0 Å². The van der Waals surface area contributed by atoms with Crippen LogP contribution in [0.1, 0.15) is 30.3 Å². The van der Waals surface area contributed by atoms with Crippen LogP contribution in [0.3, 0.4) is 0 Å². The molecule has 0 saturated carbocycles. The van der Waals surface area contributed by atoms with E-state index in [0.717, 1.165) is 46.6 Å². The molecule has 2 aromatic carbocycles. The van der Waals surface area contributed by atoms with Crippen molar-refractivity contribution >= 4 is 0 Å². The van der Waals surface area contributed by atoms with Crippen molar-refractivity contribution in [3.63, 3.8) is 0 Å². The first-order valence-electron chi connectivity index (χ1n) is 11.3. The molecular weight excluding hydrogens is 426 g/mol. The third-order valence-corrected chi connectivity index (χ3v) is 5.96. The number of aromatic amines is 1. The Morgan fingerprint density at radius 1 is 0.971 bits per heavy atom. The van der Waals surface area contributed by atoms with Crippen LogP contribution < -0.4 is 5.69 Å². The molecule has 0 atom stereocenters. The number of aromatic nitrogens is 7. The molecule has 0 amide bonds. The molecule has 0 saturated heterocycles. The maximum Gasteiger partial charge on any atom is 0.333 e. The molecule has 3 heterocycles. The summed E-state index contributed by atoms with van der Waals surface area (Å²) in [4.78, 5) is 17.8. The van der Waals surface area contributed by atoms with E-state index in [-0.39, 0.29) is 5.69 Å². The zero-order valence-corrected chi connectivity index (χ0v) is 19.1. The van der Waals surface area contributed by atoms with E-state index in [4.69, 9.17) is 0 Å². The SMILES string of the molecule is CCCc1c(C)n(-c2ccccc2)c(=O)n1Cc1ccc(-c2ccnc(-c3nn[nH]n3)c2)cc1. The smallest absolute Gasteiger partial charge is 0.291 e. The quantitative estimate of drug-likeness (QED) is 0.400. The summed E-state index contributed by atoms with van der Waals surface area (Å²) in [6, 6.07) is 22.0. The Bertz CT molecular complexity index is 1450. The Morgan fingerprint density at radius 3 is 2.47 bits per heavy atom. The van der Waals surface area contributed by atoms with Crippen molar-refractivity contribution in [2.75, 3.05) is 0 Å². The first-order chi connectivity index (χ1) is 16.7. The van der Waals surface area contributed by atoms with Gasteiger partial charge >= 0.3 is 5.69 Å². The minimum absolute atomic E-state index is 0.00452. The molecule has 8 nitrogen and oxygen atoms in total. The van der Waals surface area contributed by atoms with Gasteiger partial charge in [0.05, 0.1) is 12.2 Å². The largest absolute Gasteiger partial charge is 0.333 e. The lowest BCUT2D eigenvalue weighted by Gasteiger charge is -2.09. The van der Waals surface area contributed by atoms with Gasteiger partial charge in [-0.1, -0.05) is 55.8 Å². The number of hydrogen-bond donors (Lipinski definition) is 1. The number of H-pyrrole nitrogens is 1. The van der Waals surface area contributed by atoms with E-state index in [2.05, 4.69) is 56.8 Å². The van der Waals surface area contributed by atoms with Crippen LogP contribution >= 0.6 is 0 Å². The molecule has 5 aromatic rings. The van der Waals surface area contributed by atoms with Gasteiger partial charge in [0.2, 0.25) is 5.82 Å². The number of hydrogen-bond acceptors (Lipinski definition) is 5. The van der Waals surface area contributed by atoms with Gasteiger partial charge in [-0.2, -0.15) is 5.21 Å². The van der Waals surface area contributed by atoms with Crippen molar-refractivity contribution in [2.24, 2.45) is 0 Å². The van der Waals surface area contributed by atoms with E-state index >= 15 is 0 Å². The van der Waals surface area contributed by atoms with Gasteiger partial charge in [0, 0.05) is 17.6 Å². The van der Waals surface area contributed by atoms with Crippen molar-refractivity contribution < 1.29 is 0 Å². The molecule has 0 aliphatic carbocycles. The average Bonchev–Trinajstić information content (AvgIpc) is 3.49. The van der Waals surface area contributed by atoms with Crippen LogP contribution in [0.25, 0.3) is 28.3 Å². The van der Waals surface area contributed by atoms with Gasteiger partial charge in [-0.05, 0) is 59.5 Å². The number of nitrogens with zero attached hydrogens (tertiary/aromatic N) is 6. The fourth-order valence-electron chi connectivity index (χ4n) is 4.29. The average molecular weight is 452 g/mol. The van der Waals surface area contributed by atoms with Gasteiger partial charge in [0.15, 0.2) is 0 Å². The highest BCUT2D eigenvalue weighted by atomic mass is 16.1. The van der Waals surface area contributed by atoms with E-state index in [1.54, 1.807) is 6.20 Å². The fourth-order valence-corrected chi connectivity index (χ4v) is 4.29. The molecule has 170 valence electrons. The molecular formula is C26H25N7O. The Balaban J connectivity index is 1.46. The lowest BCUT2D eigenvalue weighted by atomic mass is 10.0. The van der Waals surface area contributed by atoms with Gasteiger partial charge in [-0.25, -0.2) is 4.79 Å². The predicted molar refractivity (Wildman–Crippen MR) is 131 cm³/mol. The van der Waals surface area contributed by atoms with Gasteiger partial charge in [-0.3, -0.25) is 14.1 Å². The van der Waals surface area contributed by atoms with Gasteiger partial charge < -0.3 is 0 Å². The molecule has 5 rings (SSSR count). The van der Waals surface area contributed by atoms with E-state index in [1.165, 1.54) is 0 Å². The molecule has 3 aromatic heterocycles. The minimum Gasteiger partial charge on any atom is -0.291 e. The highest BCUT2D eigenvalue weighted by Crippen LogP contribution is 2.24. The number of rotatable bonds is 7. The highest BCUT2D eigenvalue weighted by Gasteiger charge is 2.17. The number of nitrogens with one attached hydrogen (secondary N) is 1. The molecule has 34 heavy (non-hydrogen) atoms. The van der Waals surface area contributed by atoms with E-state index < -0.39 is 0 Å². The van der Waals surface area contributed by atoms with E-state index in [0.29, 0.717) is 18.1 Å². The normalized spacial score (nSPS) is 11.1. The molecule has 1 N–H and O–H groups in total. The Kier molecular flexibility index (Phi) is 5.86. The summed E-state index contributed by atoms with van der Waals surface area (Å²) in [7, 11) is 0. The number of tetrazole rings is 1. The molecule has 0 bridgehead atoms. The van der Waals surface area contributed by atoms with Crippen molar-refractivity contribution in [3.05, 3.63) is 100 Å². The zero-order chi connectivity index (χ0) is 23.5. The summed E-state index contributed by atoms with van der Waals surface area (Å²) in [6.07, 6.45) is 3.57. The van der Waals surface area contributed by atoms with Crippen LogP contribution in [0.5, 0.6) is 0 Å². The maximum atomic E-state index is 13.4. The molecule has 0 spiro atoms. The Hall–Kier alpha value is -4.33. The predicted octanol–water partition coefficient (Wildman–Crippen LogP) is 4.19. The topological polar surface area (TPSA) is 94.3 Å². The minimum atomic E-state index is -0.00452. The van der Waals surface area contributed by atoms with Crippen molar-refractivity contribution in [1.82, 2.24) is 34.7 Å². The highest BCUT2D eigenvalue weighted by molar-refractivity contribution is 5.67. The summed E-state index contributed by atoms with van der Waals surface area (Å²) >= 11 is 0. The van der Waals surface area contributed by atoms with E-state index in [1.807, 2.05) is 58.5 Å². The number of benzene rings is 2. The molecule has 0 aliphatic heterocycles. The second-order valence-electron chi connectivity index (χ2n) is 8.18. The van der Waals surface area contributed by atoms with Gasteiger partial charge in [0.1, 0.15) is 5.69 Å². The number of imidazole rings is 1. The first-order valence-corrected chi connectivity index (χ1v) is 11.3. The first kappa shape index (κ1) is 21.5. The second kappa shape index (κ2) is 9.27. The summed E-state index contributed by atoms with van der Waals surface area (Å²) in [5.74, 6) is 0.458. The Morgan fingerprint density at radius 2 is 1.76 bits per heavy atom. The van der Waals surface area contributed by atoms with Crippen LogP contribution in [-0.4, -0.2) is 34.7 Å². The molecule has 0 radical (unpaired) electrons. The number of pyridine rings is 1. The summed E-state index contributed by atoms with van der Waals surface area (Å²) in [5.41, 5.74) is 6.76. The van der Waals surface area contributed by atoms with Crippen LogP contribution in [0.2, 0.25) is 0 Å².